The lowest BCUT2D eigenvalue weighted by Gasteiger charge is -2.08. The highest BCUT2D eigenvalue weighted by Gasteiger charge is 2.25. The predicted octanol–water partition coefficient (Wildman–Crippen LogP) is 2.67. The zero-order valence-electron chi connectivity index (χ0n) is 14.8. The molecule has 26 heavy (non-hydrogen) atoms. The number of sulfonamides is 1. The third-order valence-electron chi connectivity index (χ3n) is 4.26. The summed E-state index contributed by atoms with van der Waals surface area (Å²) in [6.07, 6.45) is 5.96. The number of anilines is 1. The van der Waals surface area contributed by atoms with Gasteiger partial charge in [-0.15, -0.1) is 11.3 Å². The summed E-state index contributed by atoms with van der Waals surface area (Å²) in [5, 5.41) is 6.25. The summed E-state index contributed by atoms with van der Waals surface area (Å²) >= 11 is 1.13. The fourth-order valence-corrected chi connectivity index (χ4v) is 5.19. The minimum Gasteiger partial charge on any atom is -0.466 e. The average Bonchev–Trinajstić information content (AvgIpc) is 3.28. The van der Waals surface area contributed by atoms with Crippen molar-refractivity contribution in [1.29, 1.82) is 0 Å². The molecule has 1 fully saturated rings. The monoisotopic (exact) mass is 398 g/mol. The third-order valence-corrected chi connectivity index (χ3v) is 6.64. The normalized spacial score (nSPS) is 15.3. The van der Waals surface area contributed by atoms with Gasteiger partial charge in [0.2, 0.25) is 0 Å². The fraction of sp³-hybridized carbons (Fsp3) is 0.562. The van der Waals surface area contributed by atoms with E-state index in [0.29, 0.717) is 18.0 Å². The van der Waals surface area contributed by atoms with Gasteiger partial charge in [-0.2, -0.15) is 5.10 Å². The van der Waals surface area contributed by atoms with Crippen molar-refractivity contribution in [3.8, 4) is 0 Å². The van der Waals surface area contributed by atoms with E-state index in [1.165, 1.54) is 0 Å². The van der Waals surface area contributed by atoms with Crippen LogP contribution in [0.5, 0.6) is 0 Å². The van der Waals surface area contributed by atoms with Gasteiger partial charge >= 0.3 is 5.97 Å². The van der Waals surface area contributed by atoms with Crippen molar-refractivity contribution in [3.63, 3.8) is 0 Å². The highest BCUT2D eigenvalue weighted by molar-refractivity contribution is 7.93. The van der Waals surface area contributed by atoms with Crippen molar-refractivity contribution in [1.82, 2.24) is 14.8 Å². The molecule has 0 spiro atoms. The van der Waals surface area contributed by atoms with E-state index < -0.39 is 10.0 Å². The second kappa shape index (κ2) is 7.75. The van der Waals surface area contributed by atoms with E-state index in [-0.39, 0.29) is 28.5 Å². The molecule has 0 aromatic carbocycles. The molecular formula is C16H22N4O4S2. The molecular weight excluding hydrogens is 376 g/mol. The molecule has 2 aromatic heterocycles. The van der Waals surface area contributed by atoms with Gasteiger partial charge < -0.3 is 4.74 Å². The Morgan fingerprint density at radius 2 is 2.15 bits per heavy atom. The fourth-order valence-electron chi connectivity index (χ4n) is 3.05. The molecule has 0 amide bonds. The van der Waals surface area contributed by atoms with Crippen molar-refractivity contribution in [2.75, 3.05) is 11.3 Å². The van der Waals surface area contributed by atoms with Gasteiger partial charge in [0.15, 0.2) is 5.13 Å². The minimum absolute atomic E-state index is 0.0186. The Morgan fingerprint density at radius 1 is 1.42 bits per heavy atom. The van der Waals surface area contributed by atoms with Crippen LogP contribution in [0.1, 0.15) is 50.0 Å². The number of aryl methyl sites for hydroxylation is 1. The Morgan fingerprint density at radius 3 is 2.85 bits per heavy atom. The summed E-state index contributed by atoms with van der Waals surface area (Å²) in [7, 11) is -3.78. The Balaban J connectivity index is 1.73. The van der Waals surface area contributed by atoms with Gasteiger partial charge in [0.1, 0.15) is 4.90 Å². The Labute approximate surface area is 156 Å². The maximum atomic E-state index is 12.7. The number of carbonyl (C=O) groups is 1. The van der Waals surface area contributed by atoms with E-state index in [1.807, 2.05) is 0 Å². The highest BCUT2D eigenvalue weighted by atomic mass is 32.2. The molecule has 0 unspecified atom stereocenters. The van der Waals surface area contributed by atoms with Crippen LogP contribution in [0.4, 0.5) is 5.13 Å². The molecule has 0 radical (unpaired) electrons. The molecule has 0 atom stereocenters. The van der Waals surface area contributed by atoms with Crippen molar-refractivity contribution in [2.24, 2.45) is 0 Å². The molecule has 2 heterocycles. The van der Waals surface area contributed by atoms with Gasteiger partial charge in [0.25, 0.3) is 10.0 Å². The molecule has 142 valence electrons. The zero-order valence-corrected chi connectivity index (χ0v) is 16.4. The van der Waals surface area contributed by atoms with Crippen LogP contribution in [-0.2, 0) is 26.0 Å². The average molecular weight is 399 g/mol. The third kappa shape index (κ3) is 4.24. The molecule has 0 saturated heterocycles. The minimum atomic E-state index is -3.78. The van der Waals surface area contributed by atoms with Gasteiger partial charge in [0, 0.05) is 11.6 Å². The quantitative estimate of drug-likeness (QED) is 0.719. The smallest absolute Gasteiger partial charge is 0.311 e. The van der Waals surface area contributed by atoms with E-state index in [1.54, 1.807) is 30.1 Å². The first-order valence-corrected chi connectivity index (χ1v) is 10.9. The van der Waals surface area contributed by atoms with Crippen LogP contribution in [-0.4, -0.2) is 35.8 Å². The van der Waals surface area contributed by atoms with E-state index in [4.69, 9.17) is 4.74 Å². The summed E-state index contributed by atoms with van der Waals surface area (Å²) in [5.41, 5.74) is 0.942. The van der Waals surface area contributed by atoms with Crippen molar-refractivity contribution < 1.29 is 17.9 Å². The molecule has 1 aliphatic rings. The summed E-state index contributed by atoms with van der Waals surface area (Å²) in [4.78, 5) is 15.8. The van der Waals surface area contributed by atoms with Crippen LogP contribution in [0.3, 0.4) is 0 Å². The van der Waals surface area contributed by atoms with Gasteiger partial charge in [-0.25, -0.2) is 13.4 Å². The maximum absolute atomic E-state index is 12.7. The highest BCUT2D eigenvalue weighted by Crippen LogP contribution is 2.30. The van der Waals surface area contributed by atoms with Gasteiger partial charge in [0.05, 0.1) is 30.5 Å². The molecule has 10 heteroatoms. The second-order valence-corrected chi connectivity index (χ2v) is 8.74. The lowest BCUT2D eigenvalue weighted by atomic mass is 10.3. The number of nitrogens with zero attached hydrogens (tertiary/aromatic N) is 3. The molecule has 1 saturated carbocycles. The van der Waals surface area contributed by atoms with Crippen LogP contribution >= 0.6 is 11.3 Å². The standard InChI is InChI=1S/C16H22N4O4S2/c1-3-24-15(21)8-12-10-25-16(17-12)19-26(22,23)14-9-20(18-11(14)2)13-6-4-5-7-13/h9-10,13H,3-8H2,1-2H3,(H,17,19). The molecule has 8 nitrogen and oxygen atoms in total. The number of nitrogens with one attached hydrogen (secondary N) is 1. The Hall–Kier alpha value is -1.94. The molecule has 2 aromatic rings. The van der Waals surface area contributed by atoms with Crippen LogP contribution in [0.15, 0.2) is 16.5 Å². The zero-order chi connectivity index (χ0) is 18.7. The second-order valence-electron chi connectivity index (χ2n) is 6.23. The van der Waals surface area contributed by atoms with Crippen LogP contribution < -0.4 is 4.72 Å². The first-order valence-electron chi connectivity index (χ1n) is 8.57. The van der Waals surface area contributed by atoms with Crippen molar-refractivity contribution >= 4 is 32.5 Å². The predicted molar refractivity (Wildman–Crippen MR) is 97.7 cm³/mol. The Kier molecular flexibility index (Phi) is 5.61. The molecule has 0 bridgehead atoms. The maximum Gasteiger partial charge on any atom is 0.311 e. The number of hydrogen-bond donors (Lipinski definition) is 1. The number of carbonyl (C=O) groups excluding carboxylic acids is 1. The summed E-state index contributed by atoms with van der Waals surface area (Å²) in [6, 6.07) is 0.272. The SMILES string of the molecule is CCOC(=O)Cc1csc(NS(=O)(=O)c2cn(C3CCCC3)nc2C)n1. The topological polar surface area (TPSA) is 103 Å². The molecule has 0 aliphatic heterocycles. The number of rotatable bonds is 7. The van der Waals surface area contributed by atoms with Gasteiger partial charge in [-0.3, -0.25) is 14.2 Å². The lowest BCUT2D eigenvalue weighted by Crippen LogP contribution is -2.14. The van der Waals surface area contributed by atoms with Crippen molar-refractivity contribution in [3.05, 3.63) is 23.0 Å². The first-order chi connectivity index (χ1) is 12.4. The molecule has 1 aliphatic carbocycles. The summed E-state index contributed by atoms with van der Waals surface area (Å²) in [6.45, 7) is 3.72. The molecule has 1 N–H and O–H groups in total. The number of hydrogen-bond acceptors (Lipinski definition) is 7. The van der Waals surface area contributed by atoms with Crippen LogP contribution in [0.2, 0.25) is 0 Å². The van der Waals surface area contributed by atoms with E-state index >= 15 is 0 Å². The lowest BCUT2D eigenvalue weighted by molar-refractivity contribution is -0.142. The van der Waals surface area contributed by atoms with E-state index in [9.17, 15) is 13.2 Å². The van der Waals surface area contributed by atoms with Gasteiger partial charge in [-0.05, 0) is 26.7 Å². The number of esters is 1. The van der Waals surface area contributed by atoms with E-state index in [0.717, 1.165) is 37.0 Å². The number of ether oxygens (including phenoxy) is 1. The van der Waals surface area contributed by atoms with Gasteiger partial charge in [-0.1, -0.05) is 12.8 Å². The van der Waals surface area contributed by atoms with Crippen LogP contribution in [0, 0.1) is 6.92 Å². The van der Waals surface area contributed by atoms with Crippen LogP contribution in [0.25, 0.3) is 0 Å². The number of aromatic nitrogens is 3. The van der Waals surface area contributed by atoms with E-state index in [2.05, 4.69) is 14.8 Å². The summed E-state index contributed by atoms with van der Waals surface area (Å²) < 4.78 is 34.5. The summed E-state index contributed by atoms with van der Waals surface area (Å²) in [5.74, 6) is -0.388. The molecule has 3 rings (SSSR count). The first kappa shape index (κ1) is 18.8. The van der Waals surface area contributed by atoms with Crippen molar-refractivity contribution in [2.45, 2.75) is 56.9 Å². The largest absolute Gasteiger partial charge is 0.466 e. The Bertz CT molecular complexity index is 882. The number of thiazole rings is 1.